The SMILES string of the molecule is COC1C=CC2NC(NC(=O)N3CC4(CCN(C(C)O)C4)C4CC(OCCC5C=CC=CC5)C=CC43)SC2N1. The van der Waals surface area contributed by atoms with Crippen LogP contribution >= 0.6 is 11.8 Å². The number of aliphatic hydroxyl groups is 1. The van der Waals surface area contributed by atoms with E-state index in [1.54, 1.807) is 18.9 Å². The molecule has 10 unspecified atom stereocenters. The highest BCUT2D eigenvalue weighted by molar-refractivity contribution is 8.00. The topological polar surface area (TPSA) is 98.3 Å². The van der Waals surface area contributed by atoms with Crippen LogP contribution in [0.1, 0.15) is 32.6 Å². The number of hydrogen-bond donors (Lipinski definition) is 4. The second-order valence-corrected chi connectivity index (χ2v) is 13.1. The van der Waals surface area contributed by atoms with Gasteiger partial charge in [-0.15, -0.1) is 11.8 Å². The van der Waals surface area contributed by atoms with Crippen LogP contribution in [-0.4, -0.2) is 95.8 Å². The Labute approximate surface area is 236 Å². The van der Waals surface area contributed by atoms with Gasteiger partial charge in [0.1, 0.15) is 18.0 Å². The van der Waals surface area contributed by atoms with E-state index in [9.17, 15) is 9.90 Å². The van der Waals surface area contributed by atoms with E-state index in [1.807, 2.05) is 17.9 Å². The number of hydrogen-bond acceptors (Lipinski definition) is 8. The van der Waals surface area contributed by atoms with Crippen molar-refractivity contribution < 1.29 is 19.4 Å². The van der Waals surface area contributed by atoms with Crippen LogP contribution in [0.25, 0.3) is 0 Å². The number of nitrogens with zero attached hydrogens (tertiary/aromatic N) is 2. The highest BCUT2D eigenvalue weighted by Crippen LogP contribution is 2.51. The predicted octanol–water partition coefficient (Wildman–Crippen LogP) is 2.34. The van der Waals surface area contributed by atoms with E-state index in [-0.39, 0.29) is 46.7 Å². The van der Waals surface area contributed by atoms with Crippen LogP contribution < -0.4 is 16.0 Å². The van der Waals surface area contributed by atoms with Gasteiger partial charge in [-0.1, -0.05) is 42.5 Å². The first-order chi connectivity index (χ1) is 18.9. The number of likely N-dealkylation sites (tertiary alicyclic amines) is 2. The van der Waals surface area contributed by atoms with Gasteiger partial charge in [-0.3, -0.25) is 15.5 Å². The summed E-state index contributed by atoms with van der Waals surface area (Å²) >= 11 is 1.68. The lowest BCUT2D eigenvalue weighted by atomic mass is 9.70. The van der Waals surface area contributed by atoms with E-state index >= 15 is 0 Å². The molecule has 0 radical (unpaired) electrons. The quantitative estimate of drug-likeness (QED) is 0.354. The summed E-state index contributed by atoms with van der Waals surface area (Å²) in [6.45, 7) is 4.95. The molecule has 0 bridgehead atoms. The van der Waals surface area contributed by atoms with Gasteiger partial charge in [-0.05, 0) is 50.5 Å². The monoisotopic (exact) mass is 557 g/mol. The van der Waals surface area contributed by atoms with Crippen LogP contribution in [0.3, 0.4) is 0 Å². The molecule has 1 spiro atoms. The molecule has 214 valence electrons. The molecule has 3 fully saturated rings. The Kier molecular flexibility index (Phi) is 8.24. The number of nitrogens with one attached hydrogen (secondary N) is 3. The standard InChI is InChI=1S/C29H43N5O4S/c1-19(35)33-14-13-29(17-33)18-34(28(36)32-27-30-23-9-11-25(37-2)31-26(23)39-27)24-10-8-21(16-22(24)29)38-15-12-20-6-4-3-5-7-20/h3-6,8-11,19-27,30-31,35H,7,12-18H2,1-2H3,(H,32,36). The van der Waals surface area contributed by atoms with Crippen molar-refractivity contribution in [3.8, 4) is 0 Å². The van der Waals surface area contributed by atoms with Gasteiger partial charge in [-0.25, -0.2) is 4.79 Å². The summed E-state index contributed by atoms with van der Waals surface area (Å²) in [5.74, 6) is 0.858. The molecule has 10 heteroatoms. The zero-order valence-electron chi connectivity index (χ0n) is 22.9. The number of aliphatic hydroxyl groups excluding tert-OH is 1. The number of carbonyl (C=O) groups is 1. The third-order valence-electron chi connectivity index (χ3n) is 9.43. The van der Waals surface area contributed by atoms with E-state index in [2.05, 4.69) is 63.4 Å². The van der Waals surface area contributed by atoms with Crippen molar-refractivity contribution in [1.29, 1.82) is 0 Å². The van der Waals surface area contributed by atoms with E-state index in [4.69, 9.17) is 9.47 Å². The van der Waals surface area contributed by atoms with Gasteiger partial charge in [0.2, 0.25) is 0 Å². The highest BCUT2D eigenvalue weighted by Gasteiger charge is 2.57. The number of amides is 2. The van der Waals surface area contributed by atoms with Crippen LogP contribution in [0.15, 0.2) is 48.6 Å². The van der Waals surface area contributed by atoms with Crippen molar-refractivity contribution in [1.82, 2.24) is 25.8 Å². The lowest BCUT2D eigenvalue weighted by Crippen LogP contribution is -2.51. The largest absolute Gasteiger partial charge is 0.379 e. The van der Waals surface area contributed by atoms with Crippen LogP contribution in [0, 0.1) is 17.3 Å². The van der Waals surface area contributed by atoms with Crippen LogP contribution in [0.2, 0.25) is 0 Å². The van der Waals surface area contributed by atoms with Gasteiger partial charge in [0, 0.05) is 38.8 Å². The number of allylic oxidation sites excluding steroid dienone is 4. The van der Waals surface area contributed by atoms with Gasteiger partial charge in [-0.2, -0.15) is 0 Å². The first kappa shape index (κ1) is 27.5. The molecule has 3 saturated heterocycles. The minimum Gasteiger partial charge on any atom is -0.379 e. The first-order valence-electron chi connectivity index (χ1n) is 14.5. The second kappa shape index (κ2) is 11.7. The summed E-state index contributed by atoms with van der Waals surface area (Å²) in [6.07, 6.45) is 20.7. The van der Waals surface area contributed by atoms with Gasteiger partial charge in [0.15, 0.2) is 0 Å². The third-order valence-corrected chi connectivity index (χ3v) is 10.7. The van der Waals surface area contributed by atoms with Crippen LogP contribution in [0.4, 0.5) is 4.79 Å². The number of carbonyl (C=O) groups excluding carboxylic acids is 1. The summed E-state index contributed by atoms with van der Waals surface area (Å²) in [5.41, 5.74) is -0.220. The summed E-state index contributed by atoms with van der Waals surface area (Å²) in [6, 6.07) is 0.149. The molecule has 10 atom stereocenters. The summed E-state index contributed by atoms with van der Waals surface area (Å²) in [5, 5.41) is 20.7. The van der Waals surface area contributed by atoms with E-state index < -0.39 is 6.23 Å². The summed E-state index contributed by atoms with van der Waals surface area (Å²) in [4.78, 5) is 17.9. The Hall–Kier alpha value is -1.66. The van der Waals surface area contributed by atoms with Crippen LogP contribution in [-0.2, 0) is 9.47 Å². The number of methoxy groups -OCH3 is 1. The summed E-state index contributed by atoms with van der Waals surface area (Å²) < 4.78 is 11.8. The molecule has 2 amide bonds. The van der Waals surface area contributed by atoms with Crippen molar-refractivity contribution in [3.63, 3.8) is 0 Å². The number of ether oxygens (including phenoxy) is 2. The minimum absolute atomic E-state index is 0.0329. The number of thioether (sulfide) groups is 1. The molecule has 4 N–H and O–H groups in total. The van der Waals surface area contributed by atoms with Gasteiger partial charge in [0.05, 0.1) is 23.6 Å². The zero-order chi connectivity index (χ0) is 27.0. The molecule has 0 saturated carbocycles. The van der Waals surface area contributed by atoms with E-state index in [0.717, 1.165) is 45.4 Å². The van der Waals surface area contributed by atoms with Gasteiger partial charge >= 0.3 is 6.03 Å². The van der Waals surface area contributed by atoms with Crippen LogP contribution in [0.5, 0.6) is 0 Å². The Balaban J connectivity index is 1.11. The molecule has 6 aliphatic rings. The number of urea groups is 1. The lowest BCUT2D eigenvalue weighted by molar-refractivity contribution is 0.0149. The van der Waals surface area contributed by atoms with Crippen molar-refractivity contribution >= 4 is 17.8 Å². The average molecular weight is 558 g/mol. The Morgan fingerprint density at radius 3 is 2.87 bits per heavy atom. The smallest absolute Gasteiger partial charge is 0.319 e. The number of rotatable bonds is 7. The average Bonchev–Trinajstić information content (AvgIpc) is 3.64. The molecule has 0 aromatic heterocycles. The molecular weight excluding hydrogens is 514 g/mol. The Morgan fingerprint density at radius 1 is 1.21 bits per heavy atom. The fourth-order valence-electron chi connectivity index (χ4n) is 7.25. The third kappa shape index (κ3) is 5.75. The molecule has 9 nitrogen and oxygen atoms in total. The van der Waals surface area contributed by atoms with Crippen molar-refractivity contribution in [2.75, 3.05) is 33.4 Å². The maximum Gasteiger partial charge on any atom is 0.319 e. The maximum atomic E-state index is 13.7. The fourth-order valence-corrected chi connectivity index (χ4v) is 8.50. The molecule has 39 heavy (non-hydrogen) atoms. The Bertz CT molecular complexity index is 1020. The van der Waals surface area contributed by atoms with Crippen molar-refractivity contribution in [2.45, 2.75) is 74.1 Å². The van der Waals surface area contributed by atoms with Crippen molar-refractivity contribution in [3.05, 3.63) is 48.6 Å². The van der Waals surface area contributed by atoms with E-state index in [0.29, 0.717) is 18.4 Å². The fraction of sp³-hybridized carbons (Fsp3) is 0.690. The predicted molar refractivity (Wildman–Crippen MR) is 152 cm³/mol. The minimum atomic E-state index is -0.478. The molecule has 4 aliphatic heterocycles. The highest BCUT2D eigenvalue weighted by atomic mass is 32.2. The lowest BCUT2D eigenvalue weighted by Gasteiger charge is -2.36. The molecule has 4 heterocycles. The second-order valence-electron chi connectivity index (χ2n) is 11.9. The maximum absolute atomic E-state index is 13.7. The van der Waals surface area contributed by atoms with E-state index in [1.165, 1.54) is 0 Å². The van der Waals surface area contributed by atoms with Gasteiger partial charge < -0.3 is 24.8 Å². The first-order valence-corrected chi connectivity index (χ1v) is 15.4. The summed E-state index contributed by atoms with van der Waals surface area (Å²) in [7, 11) is 1.69. The molecule has 0 aromatic rings. The van der Waals surface area contributed by atoms with Crippen molar-refractivity contribution in [2.24, 2.45) is 17.3 Å². The molecule has 6 rings (SSSR count). The molecule has 2 aliphatic carbocycles. The normalized spacial score (nSPS) is 41.8. The number of fused-ring (bicyclic) bond motifs is 3. The van der Waals surface area contributed by atoms with Gasteiger partial charge in [0.25, 0.3) is 0 Å². The zero-order valence-corrected chi connectivity index (χ0v) is 23.8. The molecular formula is C29H43N5O4S. The molecule has 0 aromatic carbocycles. The Morgan fingerprint density at radius 2 is 2.10 bits per heavy atom.